The maximum Gasteiger partial charge on any atom is 0.225 e. The van der Waals surface area contributed by atoms with Crippen molar-refractivity contribution in [2.45, 2.75) is 19.8 Å². The van der Waals surface area contributed by atoms with Gasteiger partial charge < -0.3 is 9.32 Å². The van der Waals surface area contributed by atoms with Crippen molar-refractivity contribution < 1.29 is 4.42 Å². The van der Waals surface area contributed by atoms with Gasteiger partial charge in [-0.1, -0.05) is 0 Å². The van der Waals surface area contributed by atoms with Gasteiger partial charge in [0.1, 0.15) is 5.76 Å². The summed E-state index contributed by atoms with van der Waals surface area (Å²) in [6.45, 7) is 3.95. The van der Waals surface area contributed by atoms with Gasteiger partial charge in [-0.3, -0.25) is 9.97 Å². The molecule has 0 unspecified atom stereocenters. The molecule has 0 aliphatic carbocycles. The van der Waals surface area contributed by atoms with Gasteiger partial charge in [0, 0.05) is 42.8 Å². The average Bonchev–Trinajstić information content (AvgIpc) is 3.27. The molecule has 0 bridgehead atoms. The molecule has 4 rings (SSSR count). The van der Waals surface area contributed by atoms with Gasteiger partial charge in [-0.05, 0) is 25.8 Å². The lowest BCUT2D eigenvalue weighted by molar-refractivity contribution is 0.535. The van der Waals surface area contributed by atoms with Crippen LogP contribution in [0, 0.1) is 6.92 Å². The van der Waals surface area contributed by atoms with E-state index in [4.69, 9.17) is 9.40 Å². The van der Waals surface area contributed by atoms with Gasteiger partial charge >= 0.3 is 0 Å². The Bertz CT molecular complexity index is 809. The highest BCUT2D eigenvalue weighted by molar-refractivity contribution is 5.79. The van der Waals surface area contributed by atoms with Gasteiger partial charge in [0.25, 0.3) is 0 Å². The molecule has 6 nitrogen and oxygen atoms in total. The molecule has 0 aromatic carbocycles. The van der Waals surface area contributed by atoms with E-state index >= 15 is 0 Å². The van der Waals surface area contributed by atoms with Crippen molar-refractivity contribution in [2.24, 2.45) is 0 Å². The molecule has 0 N–H and O–H groups in total. The van der Waals surface area contributed by atoms with Crippen LogP contribution in [0.4, 0.5) is 5.95 Å². The second-order valence-corrected chi connectivity index (χ2v) is 5.61. The molecule has 1 aliphatic rings. The summed E-state index contributed by atoms with van der Waals surface area (Å²) in [6, 6.07) is 1.94. The summed E-state index contributed by atoms with van der Waals surface area (Å²) in [7, 11) is 0. The first-order chi connectivity index (χ1) is 11.3. The van der Waals surface area contributed by atoms with Gasteiger partial charge in [-0.25, -0.2) is 9.97 Å². The Hall–Kier alpha value is -2.76. The minimum Gasteiger partial charge on any atom is -0.469 e. The molecular formula is C17H17N5O. The van der Waals surface area contributed by atoms with E-state index in [0.29, 0.717) is 0 Å². The lowest BCUT2D eigenvalue weighted by Gasteiger charge is -2.17. The van der Waals surface area contributed by atoms with Crippen LogP contribution in [-0.2, 0) is 0 Å². The number of anilines is 1. The van der Waals surface area contributed by atoms with Gasteiger partial charge in [-0.2, -0.15) is 0 Å². The Kier molecular flexibility index (Phi) is 3.49. The van der Waals surface area contributed by atoms with Crippen molar-refractivity contribution >= 4 is 5.95 Å². The van der Waals surface area contributed by atoms with Gasteiger partial charge in [0.15, 0.2) is 0 Å². The van der Waals surface area contributed by atoms with Crippen LogP contribution in [0.3, 0.4) is 0 Å². The van der Waals surface area contributed by atoms with Gasteiger partial charge in [-0.15, -0.1) is 0 Å². The van der Waals surface area contributed by atoms with Gasteiger partial charge in [0.05, 0.1) is 23.8 Å². The van der Waals surface area contributed by atoms with E-state index < -0.39 is 0 Å². The monoisotopic (exact) mass is 307 g/mol. The smallest absolute Gasteiger partial charge is 0.225 e. The number of furan rings is 1. The third kappa shape index (κ3) is 2.56. The summed E-state index contributed by atoms with van der Waals surface area (Å²) in [4.78, 5) is 20.1. The topological polar surface area (TPSA) is 67.9 Å². The fourth-order valence-corrected chi connectivity index (χ4v) is 2.90. The molecule has 1 aliphatic heterocycles. The summed E-state index contributed by atoms with van der Waals surface area (Å²) in [6.07, 6.45) is 11.0. The zero-order valence-electron chi connectivity index (χ0n) is 12.9. The van der Waals surface area contributed by atoms with Crippen LogP contribution in [0.2, 0.25) is 0 Å². The largest absolute Gasteiger partial charge is 0.469 e. The Morgan fingerprint density at radius 1 is 1.04 bits per heavy atom. The molecule has 0 amide bonds. The number of aryl methyl sites for hydroxylation is 1. The van der Waals surface area contributed by atoms with Crippen molar-refractivity contribution in [3.8, 4) is 22.5 Å². The highest BCUT2D eigenvalue weighted by Gasteiger charge is 2.20. The molecule has 0 radical (unpaired) electrons. The molecule has 6 heteroatoms. The fraction of sp³-hybridized carbons (Fsp3) is 0.294. The van der Waals surface area contributed by atoms with E-state index in [0.717, 1.165) is 47.3 Å². The van der Waals surface area contributed by atoms with Crippen LogP contribution >= 0.6 is 0 Å². The molecule has 3 aromatic heterocycles. The maximum atomic E-state index is 5.47. The third-order valence-corrected chi connectivity index (χ3v) is 4.12. The summed E-state index contributed by atoms with van der Waals surface area (Å²) in [5, 5.41) is 0. The number of rotatable bonds is 3. The first-order valence-corrected chi connectivity index (χ1v) is 7.76. The molecule has 23 heavy (non-hydrogen) atoms. The van der Waals surface area contributed by atoms with Crippen LogP contribution in [0.15, 0.2) is 41.5 Å². The second-order valence-electron chi connectivity index (χ2n) is 5.61. The van der Waals surface area contributed by atoms with Crippen molar-refractivity contribution in [1.29, 1.82) is 0 Å². The summed E-state index contributed by atoms with van der Waals surface area (Å²) >= 11 is 0. The van der Waals surface area contributed by atoms with E-state index in [2.05, 4.69) is 19.9 Å². The Morgan fingerprint density at radius 2 is 1.91 bits per heavy atom. The van der Waals surface area contributed by atoms with Crippen molar-refractivity contribution in [3.05, 3.63) is 42.9 Å². The number of nitrogens with zero attached hydrogens (tertiary/aromatic N) is 5. The molecule has 1 saturated heterocycles. The number of hydrogen-bond acceptors (Lipinski definition) is 6. The third-order valence-electron chi connectivity index (χ3n) is 4.12. The van der Waals surface area contributed by atoms with Crippen LogP contribution in [0.5, 0.6) is 0 Å². The quantitative estimate of drug-likeness (QED) is 0.740. The predicted octanol–water partition coefficient (Wildman–Crippen LogP) is 3.10. The molecule has 3 aromatic rings. The first kappa shape index (κ1) is 13.9. The lowest BCUT2D eigenvalue weighted by Crippen LogP contribution is -2.20. The molecule has 0 spiro atoms. The Morgan fingerprint density at radius 3 is 2.61 bits per heavy atom. The van der Waals surface area contributed by atoms with Crippen LogP contribution in [0.25, 0.3) is 22.5 Å². The maximum absolute atomic E-state index is 5.47. The van der Waals surface area contributed by atoms with E-state index in [1.54, 1.807) is 24.9 Å². The number of aromatic nitrogens is 4. The van der Waals surface area contributed by atoms with Crippen LogP contribution in [0.1, 0.15) is 18.6 Å². The minimum atomic E-state index is 0.760. The van der Waals surface area contributed by atoms with Crippen molar-refractivity contribution in [1.82, 2.24) is 19.9 Å². The summed E-state index contributed by atoms with van der Waals surface area (Å²) in [5.41, 5.74) is 3.43. The van der Waals surface area contributed by atoms with E-state index in [-0.39, 0.29) is 0 Å². The highest BCUT2D eigenvalue weighted by Crippen LogP contribution is 2.32. The van der Waals surface area contributed by atoms with Crippen molar-refractivity contribution in [3.63, 3.8) is 0 Å². The van der Waals surface area contributed by atoms with Gasteiger partial charge in [0.2, 0.25) is 5.95 Å². The molecule has 4 heterocycles. The Labute approximate surface area is 134 Å². The highest BCUT2D eigenvalue weighted by atomic mass is 16.3. The normalized spacial score (nSPS) is 14.4. The summed E-state index contributed by atoms with van der Waals surface area (Å²) < 4.78 is 5.47. The Balaban J connectivity index is 1.87. The van der Waals surface area contributed by atoms with E-state index in [1.165, 1.54) is 12.8 Å². The van der Waals surface area contributed by atoms with Crippen molar-refractivity contribution in [2.75, 3.05) is 18.0 Å². The van der Waals surface area contributed by atoms with E-state index in [9.17, 15) is 0 Å². The lowest BCUT2D eigenvalue weighted by atomic mass is 10.1. The zero-order chi connectivity index (χ0) is 15.6. The fourth-order valence-electron chi connectivity index (χ4n) is 2.90. The predicted molar refractivity (Wildman–Crippen MR) is 86.9 cm³/mol. The molecule has 1 fully saturated rings. The zero-order valence-corrected chi connectivity index (χ0v) is 12.9. The van der Waals surface area contributed by atoms with Crippen LogP contribution in [-0.4, -0.2) is 33.0 Å². The average molecular weight is 307 g/mol. The molecular weight excluding hydrogens is 290 g/mol. The first-order valence-electron chi connectivity index (χ1n) is 7.76. The minimum absolute atomic E-state index is 0.760. The number of hydrogen-bond donors (Lipinski definition) is 0. The van der Waals surface area contributed by atoms with Crippen LogP contribution < -0.4 is 4.90 Å². The SMILES string of the molecule is Cc1occc1-c1nc(N2CCCC2)ncc1-c1cnccn1. The molecule has 0 atom stereocenters. The molecule has 116 valence electrons. The molecule has 0 saturated carbocycles. The second kappa shape index (κ2) is 5.79. The van der Waals surface area contributed by atoms with E-state index in [1.807, 2.05) is 19.2 Å². The summed E-state index contributed by atoms with van der Waals surface area (Å²) in [5.74, 6) is 1.60. The standard InChI is InChI=1S/C17H17N5O/c1-12-13(4-9-23-12)16-14(15-11-18-5-6-19-15)10-20-17(21-16)22-7-2-3-8-22/h4-6,9-11H,2-3,7-8H2,1H3.